The van der Waals surface area contributed by atoms with Crippen molar-refractivity contribution in [2.45, 2.75) is 24.2 Å². The van der Waals surface area contributed by atoms with Crippen LogP contribution in [0.1, 0.15) is 21.2 Å². The molecular formula is C4H11LiOTe. The summed E-state index contributed by atoms with van der Waals surface area (Å²) in [4.78, 5) is 0. The average molecular weight is 210 g/mol. The summed E-state index contributed by atoms with van der Waals surface area (Å²) in [6.07, 6.45) is 2.45. The van der Waals surface area contributed by atoms with Gasteiger partial charge in [-0.25, -0.2) is 0 Å². The van der Waals surface area contributed by atoms with Gasteiger partial charge < -0.3 is 1.43 Å². The quantitative estimate of drug-likeness (QED) is 0.419. The Hall–Kier alpha value is 1.35. The van der Waals surface area contributed by atoms with Gasteiger partial charge in [0.15, 0.2) is 0 Å². The average Bonchev–Trinajstić information content (AvgIpc) is 1.61. The summed E-state index contributed by atoms with van der Waals surface area (Å²) < 4.78 is 9.43. The predicted octanol–water partition coefficient (Wildman–Crippen LogP) is -2.07. The largest absolute Gasteiger partial charge is 1.00 e. The molecule has 0 aromatic carbocycles. The van der Waals surface area contributed by atoms with Gasteiger partial charge in [0.2, 0.25) is 0 Å². The third-order valence-corrected chi connectivity index (χ3v) is 1.93. The minimum absolute atomic E-state index is 0. The fourth-order valence-electron chi connectivity index (χ4n) is 0.209. The van der Waals surface area contributed by atoms with Crippen LogP contribution in [0.15, 0.2) is 0 Å². The van der Waals surface area contributed by atoms with E-state index in [4.69, 9.17) is 3.47 Å². The van der Waals surface area contributed by atoms with Crippen molar-refractivity contribution in [2.75, 3.05) is 0 Å². The normalized spacial score (nSPS) is 7.71. The molecule has 0 saturated heterocycles. The molecule has 0 aliphatic rings. The zero-order valence-electron chi connectivity index (χ0n) is 5.98. The van der Waals surface area contributed by atoms with Crippen molar-refractivity contribution in [3.05, 3.63) is 0 Å². The molecule has 0 atom stereocenters. The van der Waals surface area contributed by atoms with Gasteiger partial charge in [-0.15, -0.1) is 0 Å². The molecule has 1 nitrogen and oxygen atoms in total. The fraction of sp³-hybridized carbons (Fsp3) is 1.00. The first kappa shape index (κ1) is 11.2. The van der Waals surface area contributed by atoms with E-state index >= 15 is 0 Å². The van der Waals surface area contributed by atoms with E-state index in [1.807, 2.05) is 0 Å². The Morgan fingerprint density at radius 3 is 2.43 bits per heavy atom. The molecule has 7 heavy (non-hydrogen) atoms. The van der Waals surface area contributed by atoms with E-state index in [1.54, 1.807) is 0 Å². The molecule has 0 aliphatic heterocycles. The Labute approximate surface area is 69.2 Å². The van der Waals surface area contributed by atoms with Crippen molar-refractivity contribution >= 4 is 21.3 Å². The fourth-order valence-corrected chi connectivity index (χ4v) is 1.40. The monoisotopic (exact) mass is 212 g/mol. The molecule has 0 heterocycles. The first-order valence-electron chi connectivity index (χ1n) is 2.18. The van der Waals surface area contributed by atoms with Crippen LogP contribution >= 0.6 is 0 Å². The molecule has 0 saturated carbocycles. The second kappa shape index (κ2) is 10.4. The Morgan fingerprint density at radius 1 is 1.71 bits per heavy atom. The van der Waals surface area contributed by atoms with Crippen molar-refractivity contribution in [1.29, 1.82) is 0 Å². The zero-order valence-corrected chi connectivity index (χ0v) is 7.31. The van der Waals surface area contributed by atoms with Crippen LogP contribution < -0.4 is 18.9 Å². The third kappa shape index (κ3) is 11.1. The Morgan fingerprint density at radius 2 is 2.29 bits per heavy atom. The Bertz CT molecular complexity index is 28.0. The topological polar surface area (TPSA) is 20.2 Å². The van der Waals surface area contributed by atoms with Crippen molar-refractivity contribution in [2.24, 2.45) is 0 Å². The molecule has 0 aromatic rings. The van der Waals surface area contributed by atoms with Gasteiger partial charge in [0.1, 0.15) is 0 Å². The van der Waals surface area contributed by atoms with Crippen molar-refractivity contribution in [3.63, 3.8) is 0 Å². The van der Waals surface area contributed by atoms with Gasteiger partial charge in [0.25, 0.3) is 0 Å². The Balaban J connectivity index is -0.000000125. The van der Waals surface area contributed by atoms with Gasteiger partial charge in [-0.05, 0) is 0 Å². The number of unbranched alkanes of at least 4 members (excludes halogenated alkanes) is 1. The molecule has 0 amide bonds. The number of hydrogen-bond donors (Lipinski definition) is 1. The van der Waals surface area contributed by atoms with E-state index in [2.05, 4.69) is 6.92 Å². The predicted molar refractivity (Wildman–Crippen MR) is 28.8 cm³/mol. The van der Waals surface area contributed by atoms with E-state index in [0.717, 1.165) is 4.47 Å². The van der Waals surface area contributed by atoms with E-state index < -0.39 is 21.3 Å². The third-order valence-electron chi connectivity index (χ3n) is 0.589. The number of rotatable bonds is 3. The molecule has 0 radical (unpaired) electrons. The van der Waals surface area contributed by atoms with Crippen molar-refractivity contribution in [3.8, 4) is 0 Å². The zero-order chi connectivity index (χ0) is 4.83. The van der Waals surface area contributed by atoms with E-state index in [-0.39, 0.29) is 20.3 Å². The van der Waals surface area contributed by atoms with Gasteiger partial charge in [-0.3, -0.25) is 0 Å². The van der Waals surface area contributed by atoms with Gasteiger partial charge in [0, 0.05) is 0 Å². The summed E-state index contributed by atoms with van der Waals surface area (Å²) in [5, 5.41) is 0. The molecular weight excluding hydrogens is 199 g/mol. The first-order valence-corrected chi connectivity index (χ1v) is 4.87. The summed E-state index contributed by atoms with van der Waals surface area (Å²) in [6, 6.07) is 0. The molecule has 0 aromatic heterocycles. The molecule has 0 unspecified atom stereocenters. The van der Waals surface area contributed by atoms with Gasteiger partial charge in [0.05, 0.1) is 0 Å². The summed E-state index contributed by atoms with van der Waals surface area (Å²) in [7, 11) is 0. The second-order valence-corrected chi connectivity index (χ2v) is 3.09. The maximum absolute atomic E-state index is 8.33. The van der Waals surface area contributed by atoms with Gasteiger partial charge in [-0.2, -0.15) is 0 Å². The van der Waals surface area contributed by atoms with Crippen LogP contribution in [0.2, 0.25) is 4.47 Å². The molecule has 0 aliphatic carbocycles. The standard InChI is InChI=1S/C4H10OTe.Li.H/c1-2-3-4-6-5;;/h5H,2-4H2,1H3;;/q;+1;-1. The molecule has 0 rings (SSSR count). The van der Waals surface area contributed by atoms with Crippen LogP contribution in [-0.4, -0.2) is 24.8 Å². The minimum atomic E-state index is -0.536. The van der Waals surface area contributed by atoms with Gasteiger partial charge >= 0.3 is 67.9 Å². The smallest absolute Gasteiger partial charge is 1.00 e. The van der Waals surface area contributed by atoms with Crippen LogP contribution in [0.25, 0.3) is 0 Å². The van der Waals surface area contributed by atoms with Crippen LogP contribution in [0.4, 0.5) is 0 Å². The SMILES string of the molecule is CCCC[Te]O.[H-].[Li+]. The molecule has 1 N–H and O–H groups in total. The van der Waals surface area contributed by atoms with Gasteiger partial charge in [-0.1, -0.05) is 0 Å². The summed E-state index contributed by atoms with van der Waals surface area (Å²) in [5.41, 5.74) is 0. The maximum Gasteiger partial charge on any atom is 1.00 e. The van der Waals surface area contributed by atoms with Crippen LogP contribution in [0, 0.1) is 0 Å². The van der Waals surface area contributed by atoms with Crippen molar-refractivity contribution < 1.29 is 23.8 Å². The summed E-state index contributed by atoms with van der Waals surface area (Å²) in [6.45, 7) is 2.14. The molecule has 3 heteroatoms. The van der Waals surface area contributed by atoms with E-state index in [1.165, 1.54) is 12.8 Å². The molecule has 0 spiro atoms. The number of hydrogen-bond acceptors (Lipinski definition) is 1. The van der Waals surface area contributed by atoms with Crippen LogP contribution in [0.3, 0.4) is 0 Å². The minimum Gasteiger partial charge on any atom is -1.00 e. The molecule has 0 fully saturated rings. The second-order valence-electron chi connectivity index (χ2n) is 1.19. The van der Waals surface area contributed by atoms with Crippen molar-refractivity contribution in [1.82, 2.24) is 0 Å². The summed E-state index contributed by atoms with van der Waals surface area (Å²) in [5.74, 6) is 0. The van der Waals surface area contributed by atoms with Crippen LogP contribution in [-0.2, 0) is 0 Å². The Kier molecular flexibility index (Phi) is 16.5. The molecule has 0 bridgehead atoms. The first-order chi connectivity index (χ1) is 2.91. The van der Waals surface area contributed by atoms with Crippen LogP contribution in [0.5, 0.6) is 0 Å². The van der Waals surface area contributed by atoms with E-state index in [9.17, 15) is 0 Å². The molecule has 40 valence electrons. The maximum atomic E-state index is 8.33. The summed E-state index contributed by atoms with van der Waals surface area (Å²) >= 11 is -0.536. The van der Waals surface area contributed by atoms with E-state index in [0.29, 0.717) is 0 Å².